The minimum absolute atomic E-state index is 0.143. The van der Waals surface area contributed by atoms with Gasteiger partial charge in [-0.05, 0) is 55.7 Å². The lowest BCUT2D eigenvalue weighted by molar-refractivity contribution is 0.102. The Hall–Kier alpha value is -3.08. The van der Waals surface area contributed by atoms with Crippen molar-refractivity contribution < 1.29 is 4.79 Å². The summed E-state index contributed by atoms with van der Waals surface area (Å²) in [4.78, 5) is 17.1. The number of rotatable bonds is 2. The van der Waals surface area contributed by atoms with Crippen molar-refractivity contribution in [1.82, 2.24) is 0 Å². The van der Waals surface area contributed by atoms with Gasteiger partial charge in [0.05, 0.1) is 5.69 Å². The molecule has 2 heterocycles. The van der Waals surface area contributed by atoms with Crippen molar-refractivity contribution in [2.45, 2.75) is 26.2 Å². The standard InChI is InChI=1S/C21H22N4O/c1-13-9-15-4-5-16(12-19(15)25-20(22)10-13)21(26)24-17-6-7-18-14(11-17)3-2-8-23-18/h4-7,9,11-12,23H,2-3,8,10H2,1H3,(H2,22,25)(H,24,26). The van der Waals surface area contributed by atoms with E-state index in [9.17, 15) is 4.79 Å². The van der Waals surface area contributed by atoms with Crippen LogP contribution < -0.4 is 16.4 Å². The number of aliphatic imine (C=N–C) groups is 1. The van der Waals surface area contributed by atoms with Crippen LogP contribution in [0.5, 0.6) is 0 Å². The molecule has 5 nitrogen and oxygen atoms in total. The number of nitrogens with two attached hydrogens (primary N) is 1. The van der Waals surface area contributed by atoms with Crippen LogP contribution in [0.15, 0.2) is 47.0 Å². The van der Waals surface area contributed by atoms with Crippen molar-refractivity contribution in [3.63, 3.8) is 0 Å². The van der Waals surface area contributed by atoms with E-state index in [4.69, 9.17) is 5.73 Å². The van der Waals surface area contributed by atoms with Crippen LogP contribution in [-0.4, -0.2) is 18.3 Å². The van der Waals surface area contributed by atoms with Gasteiger partial charge in [-0.25, -0.2) is 4.99 Å². The monoisotopic (exact) mass is 346 g/mol. The molecule has 0 aliphatic carbocycles. The topological polar surface area (TPSA) is 79.5 Å². The summed E-state index contributed by atoms with van der Waals surface area (Å²) in [7, 11) is 0. The number of aryl methyl sites for hydroxylation is 1. The van der Waals surface area contributed by atoms with Gasteiger partial charge in [0.15, 0.2) is 0 Å². The highest BCUT2D eigenvalue weighted by Crippen LogP contribution is 2.28. The van der Waals surface area contributed by atoms with Crippen molar-refractivity contribution in [3.05, 3.63) is 58.7 Å². The van der Waals surface area contributed by atoms with Gasteiger partial charge >= 0.3 is 0 Å². The van der Waals surface area contributed by atoms with Crippen LogP contribution in [0.2, 0.25) is 0 Å². The Labute approximate surface area is 153 Å². The third-order valence-electron chi connectivity index (χ3n) is 4.72. The van der Waals surface area contributed by atoms with Gasteiger partial charge in [0.2, 0.25) is 0 Å². The van der Waals surface area contributed by atoms with Crippen LogP contribution in [-0.2, 0) is 6.42 Å². The van der Waals surface area contributed by atoms with Crippen LogP contribution in [0.4, 0.5) is 17.1 Å². The number of carbonyl (C=O) groups is 1. The van der Waals surface area contributed by atoms with Crippen molar-refractivity contribution >= 4 is 34.9 Å². The molecular formula is C21H22N4O. The van der Waals surface area contributed by atoms with E-state index < -0.39 is 0 Å². The summed E-state index contributed by atoms with van der Waals surface area (Å²) in [6.45, 7) is 3.04. The number of nitrogens with one attached hydrogen (secondary N) is 2. The molecule has 0 atom stereocenters. The van der Waals surface area contributed by atoms with Crippen molar-refractivity contribution in [2.24, 2.45) is 10.7 Å². The Kier molecular flexibility index (Phi) is 4.21. The highest BCUT2D eigenvalue weighted by atomic mass is 16.1. The predicted octanol–water partition coefficient (Wildman–Crippen LogP) is 4.09. The Balaban J connectivity index is 1.59. The van der Waals surface area contributed by atoms with Crippen LogP contribution in [0.3, 0.4) is 0 Å². The van der Waals surface area contributed by atoms with E-state index in [2.05, 4.69) is 21.7 Å². The average molecular weight is 346 g/mol. The fourth-order valence-corrected chi connectivity index (χ4v) is 3.46. The number of benzene rings is 2. The van der Waals surface area contributed by atoms with Gasteiger partial charge in [-0.1, -0.05) is 17.7 Å². The maximum Gasteiger partial charge on any atom is 0.255 e. The molecule has 132 valence electrons. The van der Waals surface area contributed by atoms with Gasteiger partial charge in [0.1, 0.15) is 5.84 Å². The largest absolute Gasteiger partial charge is 0.387 e. The Morgan fingerprint density at radius 1 is 1.23 bits per heavy atom. The zero-order chi connectivity index (χ0) is 18.1. The minimum atomic E-state index is -0.143. The number of amidine groups is 1. The highest BCUT2D eigenvalue weighted by Gasteiger charge is 2.14. The maximum atomic E-state index is 12.7. The quantitative estimate of drug-likeness (QED) is 0.766. The Bertz CT molecular complexity index is 943. The zero-order valence-corrected chi connectivity index (χ0v) is 14.8. The number of fused-ring (bicyclic) bond motifs is 2. The van der Waals surface area contributed by atoms with E-state index in [1.54, 1.807) is 6.07 Å². The first-order valence-electron chi connectivity index (χ1n) is 8.91. The maximum absolute atomic E-state index is 12.7. The lowest BCUT2D eigenvalue weighted by atomic mass is 10.0. The summed E-state index contributed by atoms with van der Waals surface area (Å²) in [5.41, 5.74) is 12.6. The lowest BCUT2D eigenvalue weighted by Gasteiger charge is -2.18. The third-order valence-corrected chi connectivity index (χ3v) is 4.72. The molecule has 1 amide bonds. The molecule has 4 N–H and O–H groups in total. The molecule has 0 unspecified atom stereocenters. The van der Waals surface area contributed by atoms with E-state index >= 15 is 0 Å². The molecule has 0 spiro atoms. The second-order valence-electron chi connectivity index (χ2n) is 6.90. The molecule has 4 rings (SSSR count). The first kappa shape index (κ1) is 16.4. The molecule has 0 aromatic heterocycles. The lowest BCUT2D eigenvalue weighted by Crippen LogP contribution is -2.14. The second-order valence-corrected chi connectivity index (χ2v) is 6.90. The number of amides is 1. The van der Waals surface area contributed by atoms with Crippen LogP contribution in [0.25, 0.3) is 6.08 Å². The van der Waals surface area contributed by atoms with Gasteiger partial charge in [-0.15, -0.1) is 0 Å². The molecule has 0 saturated carbocycles. The summed E-state index contributed by atoms with van der Waals surface area (Å²) >= 11 is 0. The molecule has 26 heavy (non-hydrogen) atoms. The van der Waals surface area contributed by atoms with E-state index in [0.717, 1.165) is 47.6 Å². The fraction of sp³-hybridized carbons (Fsp3) is 0.238. The molecule has 5 heteroatoms. The van der Waals surface area contributed by atoms with Crippen LogP contribution in [0.1, 0.15) is 41.3 Å². The fourth-order valence-electron chi connectivity index (χ4n) is 3.46. The van der Waals surface area contributed by atoms with E-state index in [1.165, 1.54) is 5.56 Å². The summed E-state index contributed by atoms with van der Waals surface area (Å²) in [5, 5.41) is 6.37. The average Bonchev–Trinajstić information content (AvgIpc) is 2.77. The zero-order valence-electron chi connectivity index (χ0n) is 14.8. The first-order valence-corrected chi connectivity index (χ1v) is 8.91. The Morgan fingerprint density at radius 3 is 3.00 bits per heavy atom. The second kappa shape index (κ2) is 6.67. The van der Waals surface area contributed by atoms with Crippen molar-refractivity contribution in [2.75, 3.05) is 17.2 Å². The molecule has 0 saturated heterocycles. The number of hydrogen-bond donors (Lipinski definition) is 3. The third kappa shape index (κ3) is 3.33. The van der Waals surface area contributed by atoms with Crippen LogP contribution in [0, 0.1) is 0 Å². The number of carbonyl (C=O) groups excluding carboxylic acids is 1. The summed E-state index contributed by atoms with van der Waals surface area (Å²) in [6, 6.07) is 11.6. The summed E-state index contributed by atoms with van der Waals surface area (Å²) < 4.78 is 0. The van der Waals surface area contributed by atoms with E-state index in [1.807, 2.05) is 37.3 Å². The van der Waals surface area contributed by atoms with E-state index in [-0.39, 0.29) is 5.91 Å². The summed E-state index contributed by atoms with van der Waals surface area (Å²) in [6.07, 6.45) is 4.86. The Morgan fingerprint density at radius 2 is 2.12 bits per heavy atom. The smallest absolute Gasteiger partial charge is 0.255 e. The van der Waals surface area contributed by atoms with Crippen molar-refractivity contribution in [1.29, 1.82) is 0 Å². The van der Waals surface area contributed by atoms with Gasteiger partial charge in [-0.3, -0.25) is 4.79 Å². The minimum Gasteiger partial charge on any atom is -0.387 e. The number of hydrogen-bond acceptors (Lipinski definition) is 4. The molecule has 0 bridgehead atoms. The van der Waals surface area contributed by atoms with Gasteiger partial charge in [-0.2, -0.15) is 0 Å². The van der Waals surface area contributed by atoms with Gasteiger partial charge in [0, 0.05) is 35.5 Å². The summed E-state index contributed by atoms with van der Waals surface area (Å²) in [5.74, 6) is 0.424. The van der Waals surface area contributed by atoms with Crippen LogP contribution >= 0.6 is 0 Å². The molecule has 0 radical (unpaired) electrons. The van der Waals surface area contributed by atoms with Gasteiger partial charge < -0.3 is 16.4 Å². The SMILES string of the molecule is CC1=Cc2ccc(C(=O)Nc3ccc4c(c3)CCCN4)cc2N=C(N)C1. The number of nitrogens with zero attached hydrogens (tertiary/aromatic N) is 1. The predicted molar refractivity (Wildman–Crippen MR) is 107 cm³/mol. The molecular weight excluding hydrogens is 324 g/mol. The molecule has 2 aromatic rings. The first-order chi connectivity index (χ1) is 12.6. The highest BCUT2D eigenvalue weighted by molar-refractivity contribution is 6.05. The number of anilines is 2. The van der Waals surface area contributed by atoms with Crippen molar-refractivity contribution in [3.8, 4) is 0 Å². The molecule has 0 fully saturated rings. The molecule has 2 aromatic carbocycles. The van der Waals surface area contributed by atoms with E-state index in [0.29, 0.717) is 17.8 Å². The van der Waals surface area contributed by atoms with Gasteiger partial charge in [0.25, 0.3) is 5.91 Å². The normalized spacial score (nSPS) is 15.6. The molecule has 2 aliphatic rings. The molecule has 2 aliphatic heterocycles.